The molecule has 15 heavy (non-hydrogen) atoms. The first-order valence-electron chi connectivity index (χ1n) is 5.42. The van der Waals surface area contributed by atoms with Crippen LogP contribution in [-0.4, -0.2) is 27.8 Å². The van der Waals surface area contributed by atoms with Crippen molar-refractivity contribution in [3.8, 4) is 0 Å². The molecule has 3 nitrogen and oxygen atoms in total. The Balaban J connectivity index is 2.05. The van der Waals surface area contributed by atoms with Gasteiger partial charge in [0.05, 0.1) is 5.38 Å². The van der Waals surface area contributed by atoms with Crippen LogP contribution in [0.25, 0.3) is 0 Å². The van der Waals surface area contributed by atoms with Crippen molar-refractivity contribution in [1.82, 2.24) is 9.36 Å². The molecule has 0 saturated carbocycles. The van der Waals surface area contributed by atoms with Gasteiger partial charge in [-0.3, -0.25) is 0 Å². The van der Waals surface area contributed by atoms with Crippen molar-refractivity contribution in [2.24, 2.45) is 5.92 Å². The van der Waals surface area contributed by atoms with Crippen LogP contribution >= 0.6 is 23.1 Å². The van der Waals surface area contributed by atoms with Crippen LogP contribution in [0.2, 0.25) is 0 Å². The molecule has 2 unspecified atom stereocenters. The van der Waals surface area contributed by atoms with E-state index in [0.29, 0.717) is 5.92 Å². The predicted molar refractivity (Wildman–Crippen MR) is 64.9 cm³/mol. The van der Waals surface area contributed by atoms with Gasteiger partial charge in [0.25, 0.3) is 0 Å². The minimum Gasteiger partial charge on any atom is -0.345 e. The van der Waals surface area contributed by atoms with E-state index in [1.807, 2.05) is 0 Å². The van der Waals surface area contributed by atoms with Gasteiger partial charge in [0.15, 0.2) is 0 Å². The van der Waals surface area contributed by atoms with Crippen LogP contribution in [-0.2, 0) is 6.42 Å². The maximum atomic E-state index is 6.27. The van der Waals surface area contributed by atoms with Gasteiger partial charge >= 0.3 is 0 Å². The average Bonchev–Trinajstić information content (AvgIpc) is 2.70. The molecule has 0 N–H and O–H groups in total. The third-order valence-corrected chi connectivity index (χ3v) is 4.29. The Morgan fingerprint density at radius 2 is 2.40 bits per heavy atom. The van der Waals surface area contributed by atoms with Crippen LogP contribution in [0.4, 0.5) is 5.13 Å². The van der Waals surface area contributed by atoms with Gasteiger partial charge < -0.3 is 4.90 Å². The summed E-state index contributed by atoms with van der Waals surface area (Å²) in [6.07, 6.45) is 2.06. The van der Waals surface area contributed by atoms with Crippen molar-refractivity contribution in [2.75, 3.05) is 18.0 Å². The maximum Gasteiger partial charge on any atom is 0.205 e. The molecule has 0 aromatic carbocycles. The summed E-state index contributed by atoms with van der Waals surface area (Å²) in [5.41, 5.74) is 0. The second-order valence-electron chi connectivity index (χ2n) is 4.07. The second-order valence-corrected chi connectivity index (χ2v) is 5.37. The topological polar surface area (TPSA) is 29.0 Å². The van der Waals surface area contributed by atoms with Gasteiger partial charge in [-0.05, 0) is 12.3 Å². The average molecular weight is 246 g/mol. The van der Waals surface area contributed by atoms with Gasteiger partial charge in [-0.25, -0.2) is 4.98 Å². The summed E-state index contributed by atoms with van der Waals surface area (Å²) in [5.74, 6) is 1.56. The van der Waals surface area contributed by atoms with Crippen molar-refractivity contribution in [3.05, 3.63) is 5.82 Å². The van der Waals surface area contributed by atoms with Gasteiger partial charge in [-0.15, -0.1) is 11.6 Å². The Morgan fingerprint density at radius 3 is 3.00 bits per heavy atom. The number of alkyl halides is 1. The number of rotatable bonds is 2. The third-order valence-electron chi connectivity index (χ3n) is 2.91. The fourth-order valence-corrected chi connectivity index (χ4v) is 2.79. The van der Waals surface area contributed by atoms with Crippen LogP contribution in [0.3, 0.4) is 0 Å². The Morgan fingerprint density at radius 1 is 1.60 bits per heavy atom. The van der Waals surface area contributed by atoms with E-state index in [0.717, 1.165) is 36.9 Å². The van der Waals surface area contributed by atoms with Crippen molar-refractivity contribution in [3.63, 3.8) is 0 Å². The Kier molecular flexibility index (Phi) is 3.46. The zero-order valence-electron chi connectivity index (χ0n) is 9.11. The molecule has 1 aliphatic heterocycles. The van der Waals surface area contributed by atoms with E-state index in [1.165, 1.54) is 11.5 Å². The summed E-state index contributed by atoms with van der Waals surface area (Å²) < 4.78 is 4.30. The lowest BCUT2D eigenvalue weighted by atomic mass is 9.99. The highest BCUT2D eigenvalue weighted by Crippen LogP contribution is 2.27. The lowest BCUT2D eigenvalue weighted by molar-refractivity contribution is 0.445. The minimum absolute atomic E-state index is 0.243. The molecule has 1 aromatic heterocycles. The van der Waals surface area contributed by atoms with Crippen molar-refractivity contribution in [2.45, 2.75) is 32.1 Å². The summed E-state index contributed by atoms with van der Waals surface area (Å²) in [4.78, 5) is 6.75. The van der Waals surface area contributed by atoms with E-state index in [-0.39, 0.29) is 5.38 Å². The van der Waals surface area contributed by atoms with Crippen molar-refractivity contribution >= 4 is 28.3 Å². The fourth-order valence-electron chi connectivity index (χ4n) is 1.71. The normalized spacial score (nSPS) is 27.0. The summed E-state index contributed by atoms with van der Waals surface area (Å²) in [6.45, 7) is 6.25. The molecule has 0 amide bonds. The molecule has 1 fully saturated rings. The van der Waals surface area contributed by atoms with E-state index >= 15 is 0 Å². The Hall–Kier alpha value is -0.350. The fraction of sp³-hybridized carbons (Fsp3) is 0.800. The summed E-state index contributed by atoms with van der Waals surface area (Å²) in [7, 11) is 0. The summed E-state index contributed by atoms with van der Waals surface area (Å²) in [5, 5.41) is 1.28. The number of anilines is 1. The third kappa shape index (κ3) is 2.42. The minimum atomic E-state index is 0.243. The Labute approximate surface area is 99.6 Å². The monoisotopic (exact) mass is 245 g/mol. The number of halogens is 1. The number of hydrogen-bond donors (Lipinski definition) is 0. The number of aromatic nitrogens is 2. The molecule has 2 atom stereocenters. The van der Waals surface area contributed by atoms with Gasteiger partial charge in [-0.1, -0.05) is 13.8 Å². The largest absolute Gasteiger partial charge is 0.345 e. The zero-order valence-corrected chi connectivity index (χ0v) is 10.7. The van der Waals surface area contributed by atoms with Gasteiger partial charge in [-0.2, -0.15) is 4.37 Å². The van der Waals surface area contributed by atoms with Crippen LogP contribution in [0.1, 0.15) is 26.1 Å². The van der Waals surface area contributed by atoms with Crippen LogP contribution in [0.5, 0.6) is 0 Å². The van der Waals surface area contributed by atoms with Gasteiger partial charge in [0.1, 0.15) is 5.82 Å². The number of aryl methyl sites for hydroxylation is 1. The summed E-state index contributed by atoms with van der Waals surface area (Å²) >= 11 is 7.76. The maximum absolute atomic E-state index is 6.27. The molecule has 1 saturated heterocycles. The quantitative estimate of drug-likeness (QED) is 0.750. The number of piperidine rings is 1. The van der Waals surface area contributed by atoms with Crippen LogP contribution < -0.4 is 4.90 Å². The SMILES string of the molecule is CCc1nsc(N2CCC(C)C(Cl)C2)n1. The highest BCUT2D eigenvalue weighted by molar-refractivity contribution is 7.09. The van der Waals surface area contributed by atoms with Crippen LogP contribution in [0.15, 0.2) is 0 Å². The molecular weight excluding hydrogens is 230 g/mol. The van der Waals surface area contributed by atoms with Gasteiger partial charge in [0, 0.05) is 31.0 Å². The van der Waals surface area contributed by atoms with Crippen molar-refractivity contribution in [1.29, 1.82) is 0 Å². The van der Waals surface area contributed by atoms with E-state index in [1.54, 1.807) is 0 Å². The van der Waals surface area contributed by atoms with E-state index in [9.17, 15) is 0 Å². The first-order valence-corrected chi connectivity index (χ1v) is 6.63. The molecule has 1 aliphatic rings. The highest BCUT2D eigenvalue weighted by Gasteiger charge is 2.26. The van der Waals surface area contributed by atoms with E-state index in [4.69, 9.17) is 11.6 Å². The smallest absolute Gasteiger partial charge is 0.205 e. The lowest BCUT2D eigenvalue weighted by Crippen LogP contribution is -2.40. The molecule has 5 heteroatoms. The molecule has 2 rings (SSSR count). The second kappa shape index (κ2) is 4.66. The lowest BCUT2D eigenvalue weighted by Gasteiger charge is -2.33. The van der Waals surface area contributed by atoms with E-state index in [2.05, 4.69) is 28.1 Å². The zero-order chi connectivity index (χ0) is 10.8. The first kappa shape index (κ1) is 11.1. The standard InChI is InChI=1S/C10H16ClN3S/c1-3-9-12-10(15-13-9)14-5-4-7(2)8(11)6-14/h7-8H,3-6H2,1-2H3. The molecule has 0 spiro atoms. The molecule has 1 aromatic rings. The molecule has 84 valence electrons. The van der Waals surface area contributed by atoms with Gasteiger partial charge in [0.2, 0.25) is 5.13 Å². The van der Waals surface area contributed by atoms with E-state index < -0.39 is 0 Å². The van der Waals surface area contributed by atoms with Crippen molar-refractivity contribution < 1.29 is 0 Å². The highest BCUT2D eigenvalue weighted by atomic mass is 35.5. The summed E-state index contributed by atoms with van der Waals surface area (Å²) in [6, 6.07) is 0. The molecular formula is C10H16ClN3S. The predicted octanol–water partition coefficient (Wildman–Crippen LogP) is 2.55. The first-order chi connectivity index (χ1) is 7.20. The number of hydrogen-bond acceptors (Lipinski definition) is 4. The Bertz CT molecular complexity index is 328. The van der Waals surface area contributed by atoms with Crippen LogP contribution in [0, 0.1) is 5.92 Å². The molecule has 2 heterocycles. The molecule has 0 radical (unpaired) electrons. The molecule has 0 aliphatic carbocycles. The molecule has 0 bridgehead atoms. The number of nitrogens with zero attached hydrogens (tertiary/aromatic N) is 3.